The number of carbonyl (C=O) groups is 1. The SMILES string of the molecule is CN(C)C=Nc1cccc(OC(N)=O)c1. The largest absolute Gasteiger partial charge is 0.410 e. The zero-order chi connectivity index (χ0) is 11.3. The molecule has 0 aliphatic heterocycles. The van der Waals surface area contributed by atoms with E-state index in [2.05, 4.69) is 4.99 Å². The molecule has 1 rings (SSSR count). The quantitative estimate of drug-likeness (QED) is 0.601. The van der Waals surface area contributed by atoms with Crippen LogP contribution in [0.1, 0.15) is 0 Å². The fourth-order valence-electron chi connectivity index (χ4n) is 0.926. The lowest BCUT2D eigenvalue weighted by Crippen LogP contribution is -2.16. The van der Waals surface area contributed by atoms with Gasteiger partial charge in [-0.1, -0.05) is 6.07 Å². The predicted octanol–water partition coefficient (Wildman–Crippen LogP) is 1.37. The summed E-state index contributed by atoms with van der Waals surface area (Å²) in [5, 5.41) is 0. The summed E-state index contributed by atoms with van der Waals surface area (Å²) in [5.74, 6) is 0.385. The highest BCUT2D eigenvalue weighted by atomic mass is 16.5. The van der Waals surface area contributed by atoms with Crippen molar-refractivity contribution in [2.45, 2.75) is 0 Å². The van der Waals surface area contributed by atoms with Crippen LogP contribution < -0.4 is 10.5 Å². The van der Waals surface area contributed by atoms with Gasteiger partial charge in [0.2, 0.25) is 0 Å². The number of amides is 1. The van der Waals surface area contributed by atoms with E-state index in [1.165, 1.54) is 0 Å². The van der Waals surface area contributed by atoms with Gasteiger partial charge in [-0.05, 0) is 12.1 Å². The van der Waals surface area contributed by atoms with Crippen molar-refractivity contribution in [1.82, 2.24) is 4.90 Å². The lowest BCUT2D eigenvalue weighted by atomic mass is 10.3. The average molecular weight is 207 g/mol. The first-order valence-corrected chi connectivity index (χ1v) is 4.36. The van der Waals surface area contributed by atoms with Crippen LogP contribution in [0.15, 0.2) is 29.3 Å². The second kappa shape index (κ2) is 4.99. The molecule has 1 amide bonds. The van der Waals surface area contributed by atoms with Crippen molar-refractivity contribution >= 4 is 18.1 Å². The maximum atomic E-state index is 10.5. The number of hydrogen-bond donors (Lipinski definition) is 1. The van der Waals surface area contributed by atoms with Crippen LogP contribution in [0.3, 0.4) is 0 Å². The normalized spacial score (nSPS) is 10.3. The zero-order valence-corrected chi connectivity index (χ0v) is 8.68. The smallest absolute Gasteiger partial charge is 0.409 e. The highest BCUT2D eigenvalue weighted by Crippen LogP contribution is 2.19. The fourth-order valence-corrected chi connectivity index (χ4v) is 0.926. The molecule has 0 fully saturated rings. The van der Waals surface area contributed by atoms with Gasteiger partial charge in [0.15, 0.2) is 0 Å². The minimum atomic E-state index is -0.830. The second-order valence-corrected chi connectivity index (χ2v) is 3.13. The van der Waals surface area contributed by atoms with Crippen LogP contribution in [0.25, 0.3) is 0 Å². The van der Waals surface area contributed by atoms with E-state index in [9.17, 15) is 4.79 Å². The molecule has 0 atom stereocenters. The Labute approximate surface area is 88.2 Å². The van der Waals surface area contributed by atoms with Crippen molar-refractivity contribution in [3.8, 4) is 5.75 Å². The Morgan fingerprint density at radius 1 is 1.53 bits per heavy atom. The van der Waals surface area contributed by atoms with Crippen LogP contribution in [0.2, 0.25) is 0 Å². The molecule has 0 unspecified atom stereocenters. The molecule has 0 bridgehead atoms. The minimum absolute atomic E-state index is 0.385. The van der Waals surface area contributed by atoms with Crippen molar-refractivity contribution in [3.63, 3.8) is 0 Å². The Morgan fingerprint density at radius 2 is 2.27 bits per heavy atom. The summed E-state index contributed by atoms with van der Waals surface area (Å²) in [6.45, 7) is 0. The van der Waals surface area contributed by atoms with Gasteiger partial charge in [-0.15, -0.1) is 0 Å². The molecule has 0 saturated heterocycles. The van der Waals surface area contributed by atoms with Gasteiger partial charge < -0.3 is 15.4 Å². The molecule has 15 heavy (non-hydrogen) atoms. The lowest BCUT2D eigenvalue weighted by Gasteiger charge is -2.03. The molecule has 0 spiro atoms. The first-order valence-electron chi connectivity index (χ1n) is 4.36. The van der Waals surface area contributed by atoms with Crippen molar-refractivity contribution in [2.24, 2.45) is 10.7 Å². The molecule has 1 aromatic carbocycles. The molecule has 5 nitrogen and oxygen atoms in total. The molecule has 80 valence electrons. The van der Waals surface area contributed by atoms with Gasteiger partial charge in [0, 0.05) is 20.2 Å². The standard InChI is InChI=1S/C10H13N3O2/c1-13(2)7-12-8-4-3-5-9(6-8)15-10(11)14/h3-7H,1-2H3,(H2,11,14). The molecule has 0 saturated carbocycles. The van der Waals surface area contributed by atoms with Crippen LogP contribution in [0.4, 0.5) is 10.5 Å². The van der Waals surface area contributed by atoms with Crippen molar-refractivity contribution in [2.75, 3.05) is 14.1 Å². The molecule has 0 aliphatic rings. The number of nitrogens with zero attached hydrogens (tertiary/aromatic N) is 2. The monoisotopic (exact) mass is 207 g/mol. The summed E-state index contributed by atoms with van der Waals surface area (Å²) >= 11 is 0. The summed E-state index contributed by atoms with van der Waals surface area (Å²) in [4.78, 5) is 16.4. The summed E-state index contributed by atoms with van der Waals surface area (Å²) in [5.41, 5.74) is 5.59. The van der Waals surface area contributed by atoms with Crippen LogP contribution in [-0.4, -0.2) is 31.4 Å². The van der Waals surface area contributed by atoms with E-state index in [-0.39, 0.29) is 0 Å². The molecule has 1 aromatic rings. The van der Waals surface area contributed by atoms with Crippen LogP contribution in [0.5, 0.6) is 5.75 Å². The van der Waals surface area contributed by atoms with Crippen LogP contribution >= 0.6 is 0 Å². The average Bonchev–Trinajstić information content (AvgIpc) is 2.14. The number of ether oxygens (including phenoxy) is 1. The highest BCUT2D eigenvalue weighted by Gasteiger charge is 1.98. The Hall–Kier alpha value is -2.04. The van der Waals surface area contributed by atoms with Gasteiger partial charge in [0.1, 0.15) is 5.75 Å². The molecular formula is C10H13N3O2. The van der Waals surface area contributed by atoms with Gasteiger partial charge >= 0.3 is 6.09 Å². The Bertz CT molecular complexity index is 375. The van der Waals surface area contributed by atoms with E-state index in [0.29, 0.717) is 11.4 Å². The van der Waals surface area contributed by atoms with Crippen molar-refractivity contribution < 1.29 is 9.53 Å². The van der Waals surface area contributed by atoms with E-state index in [0.717, 1.165) is 0 Å². The number of benzene rings is 1. The lowest BCUT2D eigenvalue weighted by molar-refractivity contribution is 0.211. The summed E-state index contributed by atoms with van der Waals surface area (Å²) in [6, 6.07) is 6.80. The minimum Gasteiger partial charge on any atom is -0.410 e. The third-order valence-corrected chi connectivity index (χ3v) is 1.47. The molecule has 0 aromatic heterocycles. The summed E-state index contributed by atoms with van der Waals surface area (Å²) in [6.07, 6.45) is 0.826. The van der Waals surface area contributed by atoms with E-state index in [4.69, 9.17) is 10.5 Å². The maximum absolute atomic E-state index is 10.5. The fraction of sp³-hybridized carbons (Fsp3) is 0.200. The number of carbonyl (C=O) groups excluding carboxylic acids is 1. The number of hydrogen-bond acceptors (Lipinski definition) is 3. The molecule has 5 heteroatoms. The van der Waals surface area contributed by atoms with E-state index >= 15 is 0 Å². The third kappa shape index (κ3) is 4.12. The molecular weight excluding hydrogens is 194 g/mol. The highest BCUT2D eigenvalue weighted by molar-refractivity contribution is 5.69. The first-order chi connectivity index (χ1) is 7.08. The Morgan fingerprint density at radius 3 is 2.87 bits per heavy atom. The van der Waals surface area contributed by atoms with Crippen LogP contribution in [0, 0.1) is 0 Å². The van der Waals surface area contributed by atoms with Gasteiger partial charge in [0.05, 0.1) is 12.0 Å². The summed E-state index contributed by atoms with van der Waals surface area (Å²) in [7, 11) is 3.74. The number of rotatable bonds is 3. The van der Waals surface area contributed by atoms with Gasteiger partial charge in [-0.3, -0.25) is 0 Å². The number of primary amides is 1. The van der Waals surface area contributed by atoms with Gasteiger partial charge in [-0.2, -0.15) is 0 Å². The number of aliphatic imine (C=N–C) groups is 1. The first kappa shape index (κ1) is 11.0. The van der Waals surface area contributed by atoms with E-state index in [1.54, 1.807) is 30.6 Å². The van der Waals surface area contributed by atoms with Crippen molar-refractivity contribution in [1.29, 1.82) is 0 Å². The maximum Gasteiger partial charge on any atom is 0.409 e. The second-order valence-electron chi connectivity index (χ2n) is 3.13. The van der Waals surface area contributed by atoms with Crippen molar-refractivity contribution in [3.05, 3.63) is 24.3 Å². The number of nitrogens with two attached hydrogens (primary N) is 1. The molecule has 0 heterocycles. The zero-order valence-electron chi connectivity index (χ0n) is 8.68. The van der Waals surface area contributed by atoms with Crippen LogP contribution in [-0.2, 0) is 0 Å². The predicted molar refractivity (Wildman–Crippen MR) is 58.5 cm³/mol. The third-order valence-electron chi connectivity index (χ3n) is 1.47. The Kier molecular flexibility index (Phi) is 3.68. The van der Waals surface area contributed by atoms with Gasteiger partial charge in [0.25, 0.3) is 0 Å². The van der Waals surface area contributed by atoms with E-state index < -0.39 is 6.09 Å². The molecule has 0 radical (unpaired) electrons. The van der Waals surface area contributed by atoms with E-state index in [1.807, 2.05) is 19.0 Å². The Balaban J connectivity index is 2.78. The topological polar surface area (TPSA) is 67.9 Å². The molecule has 0 aliphatic carbocycles. The summed E-state index contributed by atoms with van der Waals surface area (Å²) < 4.78 is 4.71. The van der Waals surface area contributed by atoms with Gasteiger partial charge in [-0.25, -0.2) is 9.79 Å². The molecule has 2 N–H and O–H groups in total.